The maximum atomic E-state index is 12.1. The molecule has 6 heteroatoms. The van der Waals surface area contributed by atoms with Gasteiger partial charge < -0.3 is 10.6 Å². The van der Waals surface area contributed by atoms with E-state index in [9.17, 15) is 13.2 Å². The van der Waals surface area contributed by atoms with Crippen molar-refractivity contribution in [2.75, 3.05) is 17.6 Å². The molecule has 1 fully saturated rings. The number of rotatable bonds is 6. The van der Waals surface area contributed by atoms with E-state index >= 15 is 0 Å². The number of carbonyl (C=O) groups excluding carboxylic acids is 1. The van der Waals surface area contributed by atoms with Gasteiger partial charge in [0.2, 0.25) is 5.91 Å². The molecule has 5 nitrogen and oxygen atoms in total. The molecule has 1 saturated heterocycles. The predicted molar refractivity (Wildman–Crippen MR) is 93.4 cm³/mol. The fourth-order valence-corrected chi connectivity index (χ4v) is 4.70. The molecule has 128 valence electrons. The van der Waals surface area contributed by atoms with Crippen LogP contribution in [-0.4, -0.2) is 37.9 Å². The van der Waals surface area contributed by atoms with Gasteiger partial charge in [0.1, 0.15) is 0 Å². The van der Waals surface area contributed by atoms with E-state index in [4.69, 9.17) is 0 Å². The zero-order valence-electron chi connectivity index (χ0n) is 14.1. The van der Waals surface area contributed by atoms with E-state index in [0.29, 0.717) is 18.7 Å². The molecule has 0 saturated carbocycles. The number of carbonyl (C=O) groups is 1. The number of benzene rings is 1. The summed E-state index contributed by atoms with van der Waals surface area (Å²) in [6.07, 6.45) is 1.78. The van der Waals surface area contributed by atoms with E-state index in [2.05, 4.69) is 10.6 Å². The van der Waals surface area contributed by atoms with Crippen molar-refractivity contribution in [3.05, 3.63) is 29.3 Å². The highest BCUT2D eigenvalue weighted by molar-refractivity contribution is 7.92. The molecule has 1 amide bonds. The Kier molecular flexibility index (Phi) is 5.81. The van der Waals surface area contributed by atoms with Crippen LogP contribution in [0.1, 0.15) is 37.3 Å². The Bertz CT molecular complexity index is 670. The van der Waals surface area contributed by atoms with Crippen molar-refractivity contribution >= 4 is 21.4 Å². The minimum Gasteiger partial charge on any atom is -0.326 e. The van der Waals surface area contributed by atoms with Crippen LogP contribution < -0.4 is 10.6 Å². The molecule has 2 unspecified atom stereocenters. The Hall–Kier alpha value is -1.40. The van der Waals surface area contributed by atoms with E-state index in [1.165, 1.54) is 0 Å². The molecule has 0 spiro atoms. The van der Waals surface area contributed by atoms with Crippen molar-refractivity contribution in [2.45, 2.75) is 51.3 Å². The normalized spacial score (nSPS) is 21.1. The van der Waals surface area contributed by atoms with Gasteiger partial charge in [0.05, 0.1) is 11.0 Å². The number of sulfone groups is 1. The molecule has 0 radical (unpaired) electrons. The number of anilines is 1. The molecule has 1 aliphatic rings. The first kappa shape index (κ1) is 17.9. The summed E-state index contributed by atoms with van der Waals surface area (Å²) in [7, 11) is -2.93. The van der Waals surface area contributed by atoms with Gasteiger partial charge in [-0.2, -0.15) is 0 Å². The molecule has 2 N–H and O–H groups in total. The van der Waals surface area contributed by atoms with E-state index in [1.807, 2.05) is 39.0 Å². The summed E-state index contributed by atoms with van der Waals surface area (Å²) < 4.78 is 23.6. The van der Waals surface area contributed by atoms with Crippen LogP contribution in [0.4, 0.5) is 5.69 Å². The fourth-order valence-electron chi connectivity index (χ4n) is 2.93. The van der Waals surface area contributed by atoms with Gasteiger partial charge in [-0.05, 0) is 45.2 Å². The first-order valence-electron chi connectivity index (χ1n) is 8.10. The Labute approximate surface area is 138 Å². The summed E-state index contributed by atoms with van der Waals surface area (Å²) in [6.45, 7) is 6.32. The zero-order chi connectivity index (χ0) is 17.0. The third-order valence-corrected chi connectivity index (χ3v) is 6.58. The summed E-state index contributed by atoms with van der Waals surface area (Å²) in [4.78, 5) is 12.1. The van der Waals surface area contributed by atoms with E-state index in [-0.39, 0.29) is 17.2 Å². The second-order valence-electron chi connectivity index (χ2n) is 6.51. The zero-order valence-corrected chi connectivity index (χ0v) is 14.9. The van der Waals surface area contributed by atoms with Crippen LogP contribution in [0.15, 0.2) is 18.2 Å². The van der Waals surface area contributed by atoms with Crippen molar-refractivity contribution in [2.24, 2.45) is 0 Å². The Morgan fingerprint density at radius 3 is 2.70 bits per heavy atom. The van der Waals surface area contributed by atoms with Crippen LogP contribution in [0.25, 0.3) is 0 Å². The fraction of sp³-hybridized carbons (Fsp3) is 0.588. The Morgan fingerprint density at radius 1 is 1.35 bits per heavy atom. The van der Waals surface area contributed by atoms with Crippen LogP contribution >= 0.6 is 0 Å². The number of hydrogen-bond acceptors (Lipinski definition) is 4. The quantitative estimate of drug-likeness (QED) is 0.834. The van der Waals surface area contributed by atoms with Gasteiger partial charge in [0, 0.05) is 24.7 Å². The largest absolute Gasteiger partial charge is 0.326 e. The summed E-state index contributed by atoms with van der Waals surface area (Å²) in [5, 5.41) is 5.80. The highest BCUT2D eigenvalue weighted by Crippen LogP contribution is 2.19. The van der Waals surface area contributed by atoms with Gasteiger partial charge in [-0.1, -0.05) is 17.7 Å². The molecule has 1 aliphatic heterocycles. The van der Waals surface area contributed by atoms with Crippen LogP contribution in [-0.2, 0) is 14.6 Å². The van der Waals surface area contributed by atoms with Crippen LogP contribution in [0.3, 0.4) is 0 Å². The van der Waals surface area contributed by atoms with Gasteiger partial charge in [-0.25, -0.2) is 8.42 Å². The molecule has 2 atom stereocenters. The number of amides is 1. The summed E-state index contributed by atoms with van der Waals surface area (Å²) in [6, 6.07) is 5.85. The summed E-state index contributed by atoms with van der Waals surface area (Å²) in [5.41, 5.74) is 3.02. The van der Waals surface area contributed by atoms with Crippen LogP contribution in [0, 0.1) is 13.8 Å². The van der Waals surface area contributed by atoms with Gasteiger partial charge in [0.25, 0.3) is 0 Å². The maximum Gasteiger partial charge on any atom is 0.225 e. The topological polar surface area (TPSA) is 75.3 Å². The number of nitrogens with one attached hydrogen (secondary N) is 2. The molecule has 0 aliphatic carbocycles. The molecular weight excluding hydrogens is 312 g/mol. The maximum absolute atomic E-state index is 12.1. The molecule has 0 bridgehead atoms. The lowest BCUT2D eigenvalue weighted by atomic mass is 10.1. The van der Waals surface area contributed by atoms with Crippen molar-refractivity contribution in [1.29, 1.82) is 0 Å². The Morgan fingerprint density at radius 2 is 2.09 bits per heavy atom. The highest BCUT2D eigenvalue weighted by atomic mass is 32.2. The van der Waals surface area contributed by atoms with Crippen LogP contribution in [0.5, 0.6) is 0 Å². The minimum absolute atomic E-state index is 0.0587. The van der Waals surface area contributed by atoms with Gasteiger partial charge in [0.15, 0.2) is 9.84 Å². The number of hydrogen-bond donors (Lipinski definition) is 2. The van der Waals surface area contributed by atoms with E-state index in [0.717, 1.165) is 29.7 Å². The molecule has 1 heterocycles. The molecular formula is C17H26N2O3S. The average Bonchev–Trinajstić information content (AvgIpc) is 2.78. The first-order valence-corrected chi connectivity index (χ1v) is 9.81. The Balaban J connectivity index is 1.80. The molecule has 0 aromatic heterocycles. The van der Waals surface area contributed by atoms with E-state index in [1.54, 1.807) is 0 Å². The standard InChI is InChI=1S/C17H26N2O3S/c1-12-6-7-16(13(2)9-12)19-17(20)10-14(3)18-11-15-5-4-8-23(15,21)22/h6-7,9,14-15,18H,4-5,8,10-11H2,1-3H3,(H,19,20). The van der Waals surface area contributed by atoms with Gasteiger partial charge >= 0.3 is 0 Å². The van der Waals surface area contributed by atoms with Crippen molar-refractivity contribution in [3.63, 3.8) is 0 Å². The van der Waals surface area contributed by atoms with Crippen molar-refractivity contribution < 1.29 is 13.2 Å². The number of aryl methyl sites for hydroxylation is 2. The minimum atomic E-state index is -2.93. The van der Waals surface area contributed by atoms with Crippen LogP contribution in [0.2, 0.25) is 0 Å². The SMILES string of the molecule is Cc1ccc(NC(=O)CC(C)NCC2CCCS2(=O)=O)c(C)c1. The molecule has 1 aromatic carbocycles. The lowest BCUT2D eigenvalue weighted by Gasteiger charge is -2.17. The molecule has 2 rings (SSSR count). The third-order valence-electron chi connectivity index (χ3n) is 4.30. The smallest absolute Gasteiger partial charge is 0.225 e. The summed E-state index contributed by atoms with van der Waals surface area (Å²) in [5.74, 6) is 0.229. The lowest BCUT2D eigenvalue weighted by molar-refractivity contribution is -0.116. The monoisotopic (exact) mass is 338 g/mol. The van der Waals surface area contributed by atoms with Crippen molar-refractivity contribution in [1.82, 2.24) is 5.32 Å². The third kappa shape index (κ3) is 5.04. The molecule has 1 aromatic rings. The van der Waals surface area contributed by atoms with E-state index < -0.39 is 9.84 Å². The van der Waals surface area contributed by atoms with Gasteiger partial charge in [-0.3, -0.25) is 4.79 Å². The second-order valence-corrected chi connectivity index (χ2v) is 8.91. The first-order chi connectivity index (χ1) is 10.8. The lowest BCUT2D eigenvalue weighted by Crippen LogP contribution is -2.37. The molecule has 23 heavy (non-hydrogen) atoms. The average molecular weight is 338 g/mol. The van der Waals surface area contributed by atoms with Crippen molar-refractivity contribution in [3.8, 4) is 0 Å². The predicted octanol–water partition coefficient (Wildman–Crippen LogP) is 2.19. The van der Waals surface area contributed by atoms with Gasteiger partial charge in [-0.15, -0.1) is 0 Å². The summed E-state index contributed by atoms with van der Waals surface area (Å²) >= 11 is 0. The second kappa shape index (κ2) is 7.45. The highest BCUT2D eigenvalue weighted by Gasteiger charge is 2.31.